The third kappa shape index (κ3) is 5.98. The highest BCUT2D eigenvalue weighted by Gasteiger charge is 2.24. The van der Waals surface area contributed by atoms with Crippen LogP contribution in [0.3, 0.4) is 0 Å². The maximum absolute atomic E-state index is 12.6. The van der Waals surface area contributed by atoms with E-state index in [4.69, 9.17) is 4.18 Å². The molecule has 0 fully saturated rings. The molecule has 1 atom stereocenters. The molecule has 0 saturated carbocycles. The molecule has 6 nitrogen and oxygen atoms in total. The molecule has 0 aromatic heterocycles. The van der Waals surface area contributed by atoms with Crippen LogP contribution in [0.4, 0.5) is 0 Å². The quantitative estimate of drug-likeness (QED) is 0.526. The Morgan fingerprint density at radius 3 is 1.72 bits per heavy atom. The first-order valence-electron chi connectivity index (χ1n) is 8.94. The van der Waals surface area contributed by atoms with Crippen molar-refractivity contribution in [1.82, 2.24) is 4.72 Å². The molecule has 0 heterocycles. The van der Waals surface area contributed by atoms with Crippen molar-refractivity contribution in [3.63, 3.8) is 0 Å². The average Bonchev–Trinajstić information content (AvgIpc) is 2.74. The number of rotatable bonds is 9. The van der Waals surface area contributed by atoms with E-state index < -0.39 is 26.2 Å². The molecule has 1 N–H and O–H groups in total. The molecule has 0 aliphatic rings. The fourth-order valence-corrected chi connectivity index (χ4v) is 4.91. The molecule has 0 amide bonds. The lowest BCUT2D eigenvalue weighted by atomic mass is 10.1. The van der Waals surface area contributed by atoms with Gasteiger partial charge in [-0.25, -0.2) is 13.1 Å². The fraction of sp³-hybridized carbons (Fsp3) is 0.143. The highest BCUT2D eigenvalue weighted by Crippen LogP contribution is 2.17. The van der Waals surface area contributed by atoms with Gasteiger partial charge in [-0.05, 0) is 29.8 Å². The number of hydrogen-bond acceptors (Lipinski definition) is 5. The molecule has 0 saturated heterocycles. The number of benzene rings is 3. The summed E-state index contributed by atoms with van der Waals surface area (Å²) >= 11 is 0. The Kier molecular flexibility index (Phi) is 6.81. The first kappa shape index (κ1) is 21.2. The number of hydrogen-bond donors (Lipinski definition) is 1. The van der Waals surface area contributed by atoms with Crippen LogP contribution in [0.25, 0.3) is 0 Å². The standard InChI is InChI=1S/C21H21NO5S2/c23-28(24,20-12-6-2-7-13-20)22-17-19(16-18-10-4-1-5-11-18)27-29(25,26)21-14-8-3-9-15-21/h1-15,19,22H,16-17H2/t19-/m1/s1. The molecule has 8 heteroatoms. The van der Waals surface area contributed by atoms with Crippen LogP contribution in [-0.2, 0) is 30.7 Å². The zero-order chi connectivity index (χ0) is 20.7. The van der Waals surface area contributed by atoms with Gasteiger partial charge in [0, 0.05) is 13.0 Å². The predicted octanol–water partition coefficient (Wildman–Crippen LogP) is 2.98. The Morgan fingerprint density at radius 2 is 1.17 bits per heavy atom. The van der Waals surface area contributed by atoms with Crippen molar-refractivity contribution in [3.05, 3.63) is 96.6 Å². The van der Waals surface area contributed by atoms with Crippen LogP contribution in [0.15, 0.2) is 101 Å². The third-order valence-corrected chi connectivity index (χ3v) is 6.97. The zero-order valence-electron chi connectivity index (χ0n) is 15.5. The monoisotopic (exact) mass is 431 g/mol. The van der Waals surface area contributed by atoms with E-state index >= 15 is 0 Å². The third-order valence-electron chi connectivity index (χ3n) is 4.16. The Labute approximate surface area is 171 Å². The van der Waals surface area contributed by atoms with E-state index in [1.54, 1.807) is 36.4 Å². The molecule has 3 rings (SSSR count). The number of sulfonamides is 1. The summed E-state index contributed by atoms with van der Waals surface area (Å²) in [6, 6.07) is 24.8. The first-order valence-corrected chi connectivity index (χ1v) is 11.8. The second kappa shape index (κ2) is 9.32. The second-order valence-electron chi connectivity index (χ2n) is 6.34. The summed E-state index contributed by atoms with van der Waals surface area (Å²) in [7, 11) is -7.84. The van der Waals surface area contributed by atoms with Crippen molar-refractivity contribution in [2.24, 2.45) is 0 Å². The lowest BCUT2D eigenvalue weighted by molar-refractivity contribution is 0.212. The van der Waals surface area contributed by atoms with Crippen LogP contribution in [0.5, 0.6) is 0 Å². The topological polar surface area (TPSA) is 89.5 Å². The van der Waals surface area contributed by atoms with Gasteiger partial charge >= 0.3 is 0 Å². The molecule has 3 aromatic carbocycles. The van der Waals surface area contributed by atoms with Gasteiger partial charge in [0.2, 0.25) is 10.0 Å². The van der Waals surface area contributed by atoms with Crippen molar-refractivity contribution >= 4 is 20.1 Å². The Bertz CT molecular complexity index is 1120. The van der Waals surface area contributed by atoms with E-state index in [9.17, 15) is 16.8 Å². The van der Waals surface area contributed by atoms with Gasteiger partial charge in [-0.2, -0.15) is 8.42 Å². The molecule has 0 aliphatic heterocycles. The maximum Gasteiger partial charge on any atom is 0.297 e. The SMILES string of the molecule is O=S(=O)(NC[C@@H](Cc1ccccc1)OS(=O)(=O)c1ccccc1)c1ccccc1. The fourth-order valence-electron chi connectivity index (χ4n) is 2.72. The van der Waals surface area contributed by atoms with Gasteiger partial charge in [0.15, 0.2) is 0 Å². The molecule has 0 unspecified atom stereocenters. The summed E-state index contributed by atoms with van der Waals surface area (Å²) in [5.41, 5.74) is 0.833. The van der Waals surface area contributed by atoms with Crippen molar-refractivity contribution in [3.8, 4) is 0 Å². The van der Waals surface area contributed by atoms with Crippen molar-refractivity contribution < 1.29 is 21.0 Å². The van der Waals surface area contributed by atoms with E-state index in [-0.39, 0.29) is 22.8 Å². The van der Waals surface area contributed by atoms with Crippen LogP contribution >= 0.6 is 0 Å². The van der Waals surface area contributed by atoms with Crippen LogP contribution in [0, 0.1) is 0 Å². The second-order valence-corrected chi connectivity index (χ2v) is 9.68. The summed E-state index contributed by atoms with van der Waals surface area (Å²) < 4.78 is 58.1. The smallest absolute Gasteiger partial charge is 0.261 e. The molecular formula is C21H21NO5S2. The van der Waals surface area contributed by atoms with Crippen LogP contribution in [0.1, 0.15) is 5.56 Å². The summed E-state index contributed by atoms with van der Waals surface area (Å²) in [6.45, 7) is -0.196. The summed E-state index contributed by atoms with van der Waals surface area (Å²) in [5.74, 6) is 0. The molecule has 152 valence electrons. The highest BCUT2D eigenvalue weighted by atomic mass is 32.2. The molecule has 3 aromatic rings. The lowest BCUT2D eigenvalue weighted by Crippen LogP contribution is -2.36. The van der Waals surface area contributed by atoms with Crippen molar-refractivity contribution in [1.29, 1.82) is 0 Å². The Balaban J connectivity index is 1.80. The molecule has 0 bridgehead atoms. The van der Waals surface area contributed by atoms with Crippen molar-refractivity contribution in [2.45, 2.75) is 22.3 Å². The van der Waals surface area contributed by atoms with E-state index in [0.717, 1.165) is 5.56 Å². The van der Waals surface area contributed by atoms with Gasteiger partial charge in [0.25, 0.3) is 10.1 Å². The van der Waals surface area contributed by atoms with Gasteiger partial charge in [0.1, 0.15) is 0 Å². The van der Waals surface area contributed by atoms with Gasteiger partial charge < -0.3 is 0 Å². The minimum Gasteiger partial charge on any atom is -0.261 e. The molecule has 29 heavy (non-hydrogen) atoms. The Morgan fingerprint density at radius 1 is 0.690 bits per heavy atom. The molecule has 0 spiro atoms. The van der Waals surface area contributed by atoms with E-state index in [0.29, 0.717) is 0 Å². The summed E-state index contributed by atoms with van der Waals surface area (Å²) in [5, 5.41) is 0. The van der Waals surface area contributed by atoms with Crippen LogP contribution in [-0.4, -0.2) is 29.5 Å². The molecular weight excluding hydrogens is 410 g/mol. The van der Waals surface area contributed by atoms with E-state index in [1.807, 2.05) is 30.3 Å². The van der Waals surface area contributed by atoms with Gasteiger partial charge in [0.05, 0.1) is 15.9 Å². The van der Waals surface area contributed by atoms with Gasteiger partial charge in [-0.15, -0.1) is 0 Å². The normalized spacial score (nSPS) is 13.1. The van der Waals surface area contributed by atoms with Gasteiger partial charge in [-0.1, -0.05) is 66.7 Å². The minimum absolute atomic E-state index is 0.0176. The minimum atomic E-state index is -4.05. The summed E-state index contributed by atoms with van der Waals surface area (Å²) in [6.07, 6.45) is -0.689. The lowest BCUT2D eigenvalue weighted by Gasteiger charge is -2.18. The van der Waals surface area contributed by atoms with Crippen LogP contribution in [0.2, 0.25) is 0 Å². The maximum atomic E-state index is 12.6. The average molecular weight is 432 g/mol. The molecule has 0 aliphatic carbocycles. The summed E-state index contributed by atoms with van der Waals surface area (Å²) in [4.78, 5) is 0.119. The first-order chi connectivity index (χ1) is 13.9. The highest BCUT2D eigenvalue weighted by molar-refractivity contribution is 7.89. The van der Waals surface area contributed by atoms with Crippen LogP contribution < -0.4 is 4.72 Å². The van der Waals surface area contributed by atoms with Crippen molar-refractivity contribution in [2.75, 3.05) is 6.54 Å². The van der Waals surface area contributed by atoms with E-state index in [2.05, 4.69) is 4.72 Å². The Hall–Kier alpha value is -2.52. The molecule has 0 radical (unpaired) electrons. The largest absolute Gasteiger partial charge is 0.297 e. The predicted molar refractivity (Wildman–Crippen MR) is 110 cm³/mol. The number of nitrogens with one attached hydrogen (secondary N) is 1. The zero-order valence-corrected chi connectivity index (χ0v) is 17.1. The van der Waals surface area contributed by atoms with E-state index in [1.165, 1.54) is 24.3 Å². The van der Waals surface area contributed by atoms with Gasteiger partial charge in [-0.3, -0.25) is 4.18 Å².